The average molecular weight is 610 g/mol. The van der Waals surface area contributed by atoms with Gasteiger partial charge in [0.15, 0.2) is 0 Å². The third kappa shape index (κ3) is 6.31. The van der Waals surface area contributed by atoms with Crippen molar-refractivity contribution in [1.82, 2.24) is 4.90 Å². The standard InChI is InChI=1S/C35H51N3O6/c1-6-10-15-25-43-33(42)29-28-31(40)38(23-13-11-12-14-24-39)30(35(28)21-20-34(29,5)44-35)32(41)37(22-7-2)27-18-16-26(17-19-27)36(8-3)9-4/h6-7,16-19,28-30,39H,1-2,8-15,20-25H2,3-5H3/t28-,29+,30?,34-,35?/m0/s1. The van der Waals surface area contributed by atoms with Crippen molar-refractivity contribution in [3.05, 3.63) is 49.6 Å². The van der Waals surface area contributed by atoms with Gasteiger partial charge in [-0.1, -0.05) is 25.0 Å². The van der Waals surface area contributed by atoms with Crippen molar-refractivity contribution in [1.29, 1.82) is 0 Å². The van der Waals surface area contributed by atoms with Crippen molar-refractivity contribution in [2.24, 2.45) is 11.8 Å². The van der Waals surface area contributed by atoms with E-state index in [-0.39, 0.29) is 31.6 Å². The Morgan fingerprint density at radius 1 is 1.05 bits per heavy atom. The highest BCUT2D eigenvalue weighted by molar-refractivity contribution is 6.05. The number of hydrogen-bond acceptors (Lipinski definition) is 7. The average Bonchev–Trinajstić information content (AvgIpc) is 3.59. The number of likely N-dealkylation sites (tertiary alicyclic amines) is 1. The summed E-state index contributed by atoms with van der Waals surface area (Å²) in [4.78, 5) is 48.2. The van der Waals surface area contributed by atoms with Crippen molar-refractivity contribution in [2.75, 3.05) is 49.2 Å². The molecule has 1 aromatic rings. The first-order valence-electron chi connectivity index (χ1n) is 16.4. The fraction of sp³-hybridized carbons (Fsp3) is 0.629. The molecule has 0 aliphatic carbocycles. The van der Waals surface area contributed by atoms with Gasteiger partial charge in [0, 0.05) is 44.2 Å². The number of carbonyl (C=O) groups excluding carboxylic acids is 3. The van der Waals surface area contributed by atoms with Crippen LogP contribution in [-0.2, 0) is 23.9 Å². The summed E-state index contributed by atoms with van der Waals surface area (Å²) in [6.07, 6.45) is 8.98. The molecule has 1 aromatic carbocycles. The third-order valence-corrected chi connectivity index (χ3v) is 9.74. The maximum atomic E-state index is 14.7. The zero-order valence-corrected chi connectivity index (χ0v) is 26.8. The summed E-state index contributed by atoms with van der Waals surface area (Å²) in [5, 5.41) is 9.22. The van der Waals surface area contributed by atoms with E-state index in [0.717, 1.165) is 43.7 Å². The van der Waals surface area contributed by atoms with Gasteiger partial charge < -0.3 is 29.3 Å². The van der Waals surface area contributed by atoms with Gasteiger partial charge in [0.1, 0.15) is 17.6 Å². The van der Waals surface area contributed by atoms with E-state index < -0.39 is 35.0 Å². The van der Waals surface area contributed by atoms with Crippen LogP contribution >= 0.6 is 0 Å². The molecule has 4 rings (SSSR count). The Hall–Kier alpha value is -3.17. The van der Waals surface area contributed by atoms with Crippen molar-refractivity contribution in [3.8, 4) is 0 Å². The lowest BCUT2D eigenvalue weighted by Gasteiger charge is -2.37. The smallest absolute Gasteiger partial charge is 0.312 e. The number of unbranched alkanes of at least 4 members (excludes halogenated alkanes) is 4. The van der Waals surface area contributed by atoms with E-state index in [0.29, 0.717) is 38.6 Å². The molecule has 9 heteroatoms. The van der Waals surface area contributed by atoms with Crippen LogP contribution < -0.4 is 9.80 Å². The van der Waals surface area contributed by atoms with Gasteiger partial charge in [0.25, 0.3) is 5.91 Å². The number of anilines is 2. The molecule has 1 spiro atoms. The highest BCUT2D eigenvalue weighted by atomic mass is 16.6. The Morgan fingerprint density at radius 2 is 1.73 bits per heavy atom. The lowest BCUT2D eigenvalue weighted by molar-refractivity contribution is -0.159. The SMILES string of the molecule is C=CCCCOC(=O)[C@H]1[C@H]2C(=O)N(CCCCCCO)C(C(=O)N(CC=C)c3ccc(N(CC)CC)cc3)C23CC[C@]1(C)O3. The minimum atomic E-state index is -1.11. The Bertz CT molecular complexity index is 1180. The second kappa shape index (κ2) is 14.7. The van der Waals surface area contributed by atoms with Crippen LogP contribution in [0.2, 0.25) is 0 Å². The summed E-state index contributed by atoms with van der Waals surface area (Å²) in [6, 6.07) is 7.04. The molecule has 2 amide bonds. The molecule has 0 aromatic heterocycles. The lowest BCUT2D eigenvalue weighted by atomic mass is 9.66. The molecule has 44 heavy (non-hydrogen) atoms. The van der Waals surface area contributed by atoms with Crippen LogP contribution in [-0.4, -0.2) is 84.4 Å². The summed E-state index contributed by atoms with van der Waals surface area (Å²) in [7, 11) is 0. The summed E-state index contributed by atoms with van der Waals surface area (Å²) >= 11 is 0. The first-order chi connectivity index (χ1) is 21.2. The van der Waals surface area contributed by atoms with Crippen LogP contribution in [0.25, 0.3) is 0 Å². The second-order valence-corrected chi connectivity index (χ2v) is 12.4. The first-order valence-corrected chi connectivity index (χ1v) is 16.4. The van der Waals surface area contributed by atoms with Gasteiger partial charge in [-0.15, -0.1) is 13.2 Å². The number of carbonyl (C=O) groups is 3. The largest absolute Gasteiger partial charge is 0.465 e. The monoisotopic (exact) mass is 609 g/mol. The molecule has 5 atom stereocenters. The molecule has 3 fully saturated rings. The van der Waals surface area contributed by atoms with Crippen LogP contribution in [0.1, 0.15) is 72.1 Å². The van der Waals surface area contributed by atoms with Crippen LogP contribution in [0.4, 0.5) is 11.4 Å². The number of ether oxygens (including phenoxy) is 2. The number of esters is 1. The number of nitrogens with zero attached hydrogens (tertiary/aromatic N) is 3. The van der Waals surface area contributed by atoms with Crippen molar-refractivity contribution >= 4 is 29.2 Å². The van der Waals surface area contributed by atoms with E-state index in [4.69, 9.17) is 9.47 Å². The Labute approximate surface area is 262 Å². The summed E-state index contributed by atoms with van der Waals surface area (Å²) in [5.74, 6) is -2.42. The molecule has 0 saturated carbocycles. The molecule has 3 heterocycles. The number of amides is 2. The maximum Gasteiger partial charge on any atom is 0.312 e. The molecular formula is C35H51N3O6. The third-order valence-electron chi connectivity index (χ3n) is 9.74. The number of fused-ring (bicyclic) bond motifs is 1. The van der Waals surface area contributed by atoms with E-state index in [1.807, 2.05) is 31.2 Å². The van der Waals surface area contributed by atoms with E-state index in [1.165, 1.54) is 0 Å². The van der Waals surface area contributed by atoms with Gasteiger partial charge in [-0.05, 0) is 83.6 Å². The normalized spacial score (nSPS) is 26.9. The van der Waals surface area contributed by atoms with Gasteiger partial charge in [-0.25, -0.2) is 0 Å². The number of allylic oxidation sites excluding steroid dienone is 1. The van der Waals surface area contributed by atoms with Gasteiger partial charge >= 0.3 is 5.97 Å². The second-order valence-electron chi connectivity index (χ2n) is 12.4. The Morgan fingerprint density at radius 3 is 2.36 bits per heavy atom. The molecule has 2 bridgehead atoms. The summed E-state index contributed by atoms with van der Waals surface area (Å²) in [6.45, 7) is 16.5. The minimum Gasteiger partial charge on any atom is -0.465 e. The van der Waals surface area contributed by atoms with Crippen LogP contribution in [0.3, 0.4) is 0 Å². The van der Waals surface area contributed by atoms with Crippen LogP contribution in [0.5, 0.6) is 0 Å². The van der Waals surface area contributed by atoms with E-state index in [9.17, 15) is 19.5 Å². The summed E-state index contributed by atoms with van der Waals surface area (Å²) < 4.78 is 12.4. The predicted molar refractivity (Wildman–Crippen MR) is 172 cm³/mol. The van der Waals surface area contributed by atoms with Crippen molar-refractivity contribution in [2.45, 2.75) is 89.4 Å². The van der Waals surface area contributed by atoms with E-state index in [2.05, 4.69) is 31.9 Å². The number of aliphatic hydroxyl groups is 1. The molecular weight excluding hydrogens is 558 g/mol. The van der Waals surface area contributed by atoms with Crippen LogP contribution in [0, 0.1) is 11.8 Å². The fourth-order valence-corrected chi connectivity index (χ4v) is 7.57. The molecule has 0 radical (unpaired) electrons. The van der Waals surface area contributed by atoms with Gasteiger partial charge in [0.05, 0.1) is 18.1 Å². The molecule has 1 N–H and O–H groups in total. The zero-order chi connectivity index (χ0) is 31.9. The molecule has 2 unspecified atom stereocenters. The zero-order valence-electron chi connectivity index (χ0n) is 26.8. The topological polar surface area (TPSA) is 99.6 Å². The van der Waals surface area contributed by atoms with E-state index in [1.54, 1.807) is 22.0 Å². The number of benzene rings is 1. The quantitative estimate of drug-likeness (QED) is 0.144. The molecule has 242 valence electrons. The van der Waals surface area contributed by atoms with Crippen LogP contribution in [0.15, 0.2) is 49.6 Å². The predicted octanol–water partition coefficient (Wildman–Crippen LogP) is 4.88. The Balaban J connectivity index is 1.68. The highest BCUT2D eigenvalue weighted by Gasteiger charge is 2.78. The lowest BCUT2D eigenvalue weighted by Crippen LogP contribution is -2.56. The van der Waals surface area contributed by atoms with Gasteiger partial charge in [0.2, 0.25) is 5.91 Å². The Kier molecular flexibility index (Phi) is 11.3. The fourth-order valence-electron chi connectivity index (χ4n) is 7.57. The maximum absolute atomic E-state index is 14.7. The van der Waals surface area contributed by atoms with E-state index >= 15 is 0 Å². The summed E-state index contributed by atoms with van der Waals surface area (Å²) in [5.41, 5.74) is -0.197. The van der Waals surface area contributed by atoms with Crippen molar-refractivity contribution in [3.63, 3.8) is 0 Å². The van der Waals surface area contributed by atoms with Gasteiger partial charge in [-0.3, -0.25) is 14.4 Å². The molecule has 3 aliphatic heterocycles. The van der Waals surface area contributed by atoms with Gasteiger partial charge in [-0.2, -0.15) is 0 Å². The molecule has 3 aliphatic rings. The first kappa shape index (κ1) is 33.7. The molecule has 3 saturated heterocycles. The number of aliphatic hydroxyl groups excluding tert-OH is 1. The highest BCUT2D eigenvalue weighted by Crippen LogP contribution is 2.63. The molecule has 9 nitrogen and oxygen atoms in total. The number of rotatable bonds is 18. The minimum absolute atomic E-state index is 0.127. The van der Waals surface area contributed by atoms with Crippen molar-refractivity contribution < 1.29 is 29.0 Å². The number of hydrogen-bond donors (Lipinski definition) is 1.